The number of carbonyl (C=O) groups excluding carboxylic acids is 6. The maximum atomic E-state index is 13.2. The topological polar surface area (TPSA) is 145 Å². The Morgan fingerprint density at radius 1 is 0.886 bits per heavy atom. The number of fused-ring (bicyclic) bond motifs is 1. The number of benzene rings is 2. The van der Waals surface area contributed by atoms with E-state index in [1.165, 1.54) is 0 Å². The van der Waals surface area contributed by atoms with Gasteiger partial charge in [0.05, 0.1) is 11.1 Å². The highest BCUT2D eigenvalue weighted by atomic mass is 16.5. The van der Waals surface area contributed by atoms with Gasteiger partial charge in [0.25, 0.3) is 11.8 Å². The van der Waals surface area contributed by atoms with E-state index in [2.05, 4.69) is 15.5 Å². The minimum absolute atomic E-state index is 0.0374. The number of alkyl carbamates (subject to hydrolysis) is 1. The highest BCUT2D eigenvalue weighted by molar-refractivity contribution is 6.23. The second-order valence-corrected chi connectivity index (χ2v) is 11.8. The molecule has 0 radical (unpaired) electrons. The lowest BCUT2D eigenvalue weighted by atomic mass is 10.0. The molecule has 0 saturated carbocycles. The van der Waals surface area contributed by atoms with Crippen LogP contribution in [-0.2, 0) is 25.7 Å². The Morgan fingerprint density at radius 2 is 1.64 bits per heavy atom. The van der Waals surface area contributed by atoms with Crippen molar-refractivity contribution in [2.24, 2.45) is 5.92 Å². The number of imide groups is 2. The highest BCUT2D eigenvalue weighted by Gasteiger charge is 2.45. The van der Waals surface area contributed by atoms with Gasteiger partial charge in [-0.15, -0.1) is 0 Å². The number of likely N-dealkylation sites (tertiary alicyclic amines) is 1. The zero-order valence-electron chi connectivity index (χ0n) is 24.3. The molecule has 2 aromatic carbocycles. The molecule has 230 valence electrons. The van der Waals surface area contributed by atoms with Gasteiger partial charge in [-0.1, -0.05) is 30.3 Å². The van der Waals surface area contributed by atoms with Crippen LogP contribution in [-0.4, -0.2) is 83.7 Å². The molecule has 4 aliphatic heterocycles. The van der Waals surface area contributed by atoms with Gasteiger partial charge in [-0.05, 0) is 55.4 Å². The van der Waals surface area contributed by atoms with Crippen molar-refractivity contribution in [3.63, 3.8) is 0 Å². The number of nitrogens with one attached hydrogen (secondary N) is 2. The van der Waals surface area contributed by atoms with E-state index in [0.717, 1.165) is 22.6 Å². The molecule has 0 bridgehead atoms. The molecule has 4 heterocycles. The zero-order valence-corrected chi connectivity index (χ0v) is 24.3. The average Bonchev–Trinajstić information content (AvgIpc) is 3.59. The SMILES string of the molecule is O=C1CCC(N2C(=O)c3ccc(N4CCC(CC(=O)N5CCC(NC(=O)OCc6ccccc6)CC5)C4)cc3C2=O)C(=O)N1. The van der Waals surface area contributed by atoms with Crippen molar-refractivity contribution in [1.82, 2.24) is 20.4 Å². The van der Waals surface area contributed by atoms with Crippen molar-refractivity contribution in [2.45, 2.75) is 57.2 Å². The van der Waals surface area contributed by atoms with Crippen LogP contribution in [0.5, 0.6) is 0 Å². The molecule has 0 aliphatic carbocycles. The van der Waals surface area contributed by atoms with Crippen molar-refractivity contribution in [3.8, 4) is 0 Å². The van der Waals surface area contributed by atoms with E-state index in [1.807, 2.05) is 35.2 Å². The Bertz CT molecular complexity index is 1490. The number of amides is 6. The van der Waals surface area contributed by atoms with E-state index in [9.17, 15) is 28.8 Å². The third kappa shape index (κ3) is 6.15. The molecular weight excluding hydrogens is 566 g/mol. The molecule has 44 heavy (non-hydrogen) atoms. The first-order valence-electron chi connectivity index (χ1n) is 15.1. The van der Waals surface area contributed by atoms with E-state index < -0.39 is 35.8 Å². The Hall–Kier alpha value is -4.74. The monoisotopic (exact) mass is 601 g/mol. The summed E-state index contributed by atoms with van der Waals surface area (Å²) in [5.41, 5.74) is 2.20. The first kappa shape index (κ1) is 29.3. The lowest BCUT2D eigenvalue weighted by molar-refractivity contribution is -0.136. The number of rotatable bonds is 7. The minimum atomic E-state index is -1.000. The molecule has 12 heteroatoms. The van der Waals surface area contributed by atoms with E-state index in [1.54, 1.807) is 18.2 Å². The quantitative estimate of drug-likeness (QED) is 0.460. The van der Waals surface area contributed by atoms with E-state index in [-0.39, 0.29) is 48.4 Å². The molecule has 12 nitrogen and oxygen atoms in total. The number of piperidine rings is 2. The van der Waals surface area contributed by atoms with Crippen molar-refractivity contribution >= 4 is 41.3 Å². The minimum Gasteiger partial charge on any atom is -0.445 e. The lowest BCUT2D eigenvalue weighted by Gasteiger charge is -2.32. The Labute approximate surface area is 254 Å². The summed E-state index contributed by atoms with van der Waals surface area (Å²) >= 11 is 0. The van der Waals surface area contributed by atoms with Crippen LogP contribution >= 0.6 is 0 Å². The summed E-state index contributed by atoms with van der Waals surface area (Å²) in [5.74, 6) is -1.86. The molecule has 2 unspecified atom stereocenters. The number of hydrogen-bond donors (Lipinski definition) is 2. The predicted molar refractivity (Wildman–Crippen MR) is 157 cm³/mol. The summed E-state index contributed by atoms with van der Waals surface area (Å²) in [4.78, 5) is 80.3. The second-order valence-electron chi connectivity index (χ2n) is 11.8. The number of carbonyl (C=O) groups is 6. The predicted octanol–water partition coefficient (Wildman–Crippen LogP) is 2.22. The molecule has 2 aromatic rings. The van der Waals surface area contributed by atoms with E-state index in [0.29, 0.717) is 45.4 Å². The first-order valence-corrected chi connectivity index (χ1v) is 15.1. The Kier molecular flexibility index (Phi) is 8.32. The Morgan fingerprint density at radius 3 is 2.39 bits per heavy atom. The van der Waals surface area contributed by atoms with Crippen LogP contribution in [0.4, 0.5) is 10.5 Å². The summed E-state index contributed by atoms with van der Waals surface area (Å²) < 4.78 is 5.32. The molecule has 0 spiro atoms. The molecule has 4 aliphatic rings. The normalized spacial score (nSPS) is 22.2. The number of nitrogens with zero attached hydrogens (tertiary/aromatic N) is 3. The molecule has 6 amide bonds. The molecule has 3 saturated heterocycles. The largest absolute Gasteiger partial charge is 0.445 e. The van der Waals surface area contributed by atoms with Crippen LogP contribution in [0.2, 0.25) is 0 Å². The maximum Gasteiger partial charge on any atom is 0.407 e. The molecule has 2 atom stereocenters. The molecule has 0 aromatic heterocycles. The summed E-state index contributed by atoms with van der Waals surface area (Å²) in [6.45, 7) is 2.72. The first-order chi connectivity index (χ1) is 21.3. The van der Waals surface area contributed by atoms with Crippen LogP contribution in [0.25, 0.3) is 0 Å². The third-order valence-electron chi connectivity index (χ3n) is 8.92. The van der Waals surface area contributed by atoms with Crippen molar-refractivity contribution in [2.75, 3.05) is 31.1 Å². The fourth-order valence-electron chi connectivity index (χ4n) is 6.47. The standard InChI is InChI=1S/C32H35N5O7/c38-27-9-8-26(29(40)34-27)37-30(41)24-7-6-23(17-25(24)31(37)42)36-13-10-21(18-36)16-28(39)35-14-11-22(12-15-35)33-32(43)44-19-20-4-2-1-3-5-20/h1-7,17,21-22,26H,8-16,18-19H2,(H,33,43)(H,34,38,40). The van der Waals surface area contributed by atoms with Crippen molar-refractivity contribution < 1.29 is 33.5 Å². The van der Waals surface area contributed by atoms with Gasteiger partial charge >= 0.3 is 6.09 Å². The van der Waals surface area contributed by atoms with Gasteiger partial charge in [-0.3, -0.25) is 34.2 Å². The summed E-state index contributed by atoms with van der Waals surface area (Å²) in [6, 6.07) is 13.6. The van der Waals surface area contributed by atoms with Crippen LogP contribution in [0, 0.1) is 5.92 Å². The summed E-state index contributed by atoms with van der Waals surface area (Å²) in [6.07, 6.45) is 2.30. The van der Waals surface area contributed by atoms with Crippen LogP contribution in [0.1, 0.15) is 64.8 Å². The lowest BCUT2D eigenvalue weighted by Crippen LogP contribution is -2.54. The van der Waals surface area contributed by atoms with Gasteiger partial charge < -0.3 is 19.9 Å². The molecular formula is C32H35N5O7. The van der Waals surface area contributed by atoms with Gasteiger partial charge in [0.15, 0.2) is 0 Å². The van der Waals surface area contributed by atoms with Gasteiger partial charge in [0.2, 0.25) is 17.7 Å². The average molecular weight is 602 g/mol. The smallest absolute Gasteiger partial charge is 0.407 e. The van der Waals surface area contributed by atoms with E-state index in [4.69, 9.17) is 4.74 Å². The fraction of sp³-hybridized carbons (Fsp3) is 0.438. The second kappa shape index (κ2) is 12.5. The van der Waals surface area contributed by atoms with Crippen molar-refractivity contribution in [1.29, 1.82) is 0 Å². The fourth-order valence-corrected chi connectivity index (χ4v) is 6.47. The molecule has 2 N–H and O–H groups in total. The summed E-state index contributed by atoms with van der Waals surface area (Å²) in [7, 11) is 0. The van der Waals surface area contributed by atoms with Gasteiger partial charge in [0, 0.05) is 50.7 Å². The van der Waals surface area contributed by atoms with Crippen LogP contribution in [0.15, 0.2) is 48.5 Å². The number of anilines is 1. The summed E-state index contributed by atoms with van der Waals surface area (Å²) in [5, 5.41) is 5.12. The Balaban J connectivity index is 0.970. The number of hydrogen-bond acceptors (Lipinski definition) is 8. The van der Waals surface area contributed by atoms with Crippen molar-refractivity contribution in [3.05, 3.63) is 65.2 Å². The zero-order chi connectivity index (χ0) is 30.8. The van der Waals surface area contributed by atoms with Gasteiger partial charge in [0.1, 0.15) is 12.6 Å². The van der Waals surface area contributed by atoms with Gasteiger partial charge in [-0.2, -0.15) is 0 Å². The molecule has 3 fully saturated rings. The van der Waals surface area contributed by atoms with Gasteiger partial charge in [-0.25, -0.2) is 4.79 Å². The van der Waals surface area contributed by atoms with Crippen LogP contribution < -0.4 is 15.5 Å². The maximum absolute atomic E-state index is 13.2. The number of ether oxygens (including phenoxy) is 1. The third-order valence-corrected chi connectivity index (χ3v) is 8.92. The van der Waals surface area contributed by atoms with E-state index >= 15 is 0 Å². The van der Waals surface area contributed by atoms with Crippen LogP contribution in [0.3, 0.4) is 0 Å². The highest BCUT2D eigenvalue weighted by Crippen LogP contribution is 2.33. The molecule has 6 rings (SSSR count).